The van der Waals surface area contributed by atoms with E-state index in [9.17, 15) is 9.59 Å². The van der Waals surface area contributed by atoms with E-state index in [4.69, 9.17) is 11.5 Å². The van der Waals surface area contributed by atoms with Gasteiger partial charge in [-0.2, -0.15) is 0 Å². The maximum absolute atomic E-state index is 11.9. The molecule has 1 aliphatic heterocycles. The zero-order valence-electron chi connectivity index (χ0n) is 10.4. The van der Waals surface area contributed by atoms with Crippen LogP contribution in [0.3, 0.4) is 0 Å². The Balaban J connectivity index is 2.25. The van der Waals surface area contributed by atoms with E-state index in [0.29, 0.717) is 25.9 Å². The van der Waals surface area contributed by atoms with Crippen molar-refractivity contribution < 1.29 is 9.59 Å². The van der Waals surface area contributed by atoms with Crippen LogP contribution in [0.4, 0.5) is 0 Å². The maximum atomic E-state index is 11.9. The topological polar surface area (TPSA) is 89.4 Å². The number of rotatable bonds is 7. The fraction of sp³-hybridized carbons (Fsp3) is 0.833. The third-order valence-electron chi connectivity index (χ3n) is 3.25. The van der Waals surface area contributed by atoms with Crippen LogP contribution >= 0.6 is 0 Å². The van der Waals surface area contributed by atoms with Crippen molar-refractivity contribution in [2.75, 3.05) is 13.1 Å². The Morgan fingerprint density at radius 2 is 1.88 bits per heavy atom. The molecule has 1 unspecified atom stereocenters. The molecular formula is C12H23N3O2. The summed E-state index contributed by atoms with van der Waals surface area (Å²) in [6, 6.07) is -0.369. The monoisotopic (exact) mass is 241 g/mol. The van der Waals surface area contributed by atoms with Gasteiger partial charge in [0.1, 0.15) is 6.04 Å². The molecule has 0 bridgehead atoms. The Kier molecular flexibility index (Phi) is 5.97. The summed E-state index contributed by atoms with van der Waals surface area (Å²) in [4.78, 5) is 24.7. The highest BCUT2D eigenvalue weighted by Crippen LogP contribution is 2.18. The summed E-state index contributed by atoms with van der Waals surface area (Å²) in [5.74, 6) is -0.307. The summed E-state index contributed by atoms with van der Waals surface area (Å²) in [6.45, 7) is 1.39. The zero-order valence-corrected chi connectivity index (χ0v) is 10.4. The number of unbranched alkanes of at least 4 members (excludes halogenated alkanes) is 3. The first-order valence-corrected chi connectivity index (χ1v) is 6.45. The van der Waals surface area contributed by atoms with Crippen LogP contribution in [0.5, 0.6) is 0 Å². The van der Waals surface area contributed by atoms with Gasteiger partial charge in [0, 0.05) is 13.0 Å². The standard InChI is InChI=1S/C12H23N3O2/c13-8-4-2-1-3-7-11(16)15-9-5-6-10(15)12(14)17/h10H,1-9,13H2,(H2,14,17). The highest BCUT2D eigenvalue weighted by molar-refractivity contribution is 5.87. The predicted molar refractivity (Wildman–Crippen MR) is 66.1 cm³/mol. The van der Waals surface area contributed by atoms with Gasteiger partial charge in [-0.25, -0.2) is 0 Å². The molecule has 1 saturated heterocycles. The number of hydrogen-bond donors (Lipinski definition) is 2. The van der Waals surface area contributed by atoms with Crippen LogP contribution in [0.1, 0.15) is 44.9 Å². The van der Waals surface area contributed by atoms with Gasteiger partial charge in [0.2, 0.25) is 11.8 Å². The predicted octanol–water partition coefficient (Wildman–Crippen LogP) is 0.372. The van der Waals surface area contributed by atoms with E-state index in [1.807, 2.05) is 0 Å². The lowest BCUT2D eigenvalue weighted by atomic mass is 10.1. The van der Waals surface area contributed by atoms with Crippen molar-refractivity contribution in [1.29, 1.82) is 0 Å². The minimum atomic E-state index is -0.376. The summed E-state index contributed by atoms with van der Waals surface area (Å²) in [5, 5.41) is 0. The molecule has 1 aliphatic rings. The van der Waals surface area contributed by atoms with Gasteiger partial charge >= 0.3 is 0 Å². The molecule has 0 spiro atoms. The van der Waals surface area contributed by atoms with Crippen molar-refractivity contribution in [2.45, 2.75) is 51.0 Å². The average Bonchev–Trinajstić information content (AvgIpc) is 2.77. The van der Waals surface area contributed by atoms with E-state index in [1.165, 1.54) is 0 Å². The lowest BCUT2D eigenvalue weighted by Gasteiger charge is -2.22. The first kappa shape index (κ1) is 14.0. The van der Waals surface area contributed by atoms with Crippen molar-refractivity contribution >= 4 is 11.8 Å². The van der Waals surface area contributed by atoms with E-state index in [1.54, 1.807) is 4.90 Å². The lowest BCUT2D eigenvalue weighted by Crippen LogP contribution is -2.43. The Morgan fingerprint density at radius 3 is 2.53 bits per heavy atom. The molecule has 0 aromatic carbocycles. The van der Waals surface area contributed by atoms with E-state index < -0.39 is 0 Å². The van der Waals surface area contributed by atoms with Crippen LogP contribution in [0.2, 0.25) is 0 Å². The normalized spacial score (nSPS) is 19.6. The molecule has 1 atom stereocenters. The number of amides is 2. The maximum Gasteiger partial charge on any atom is 0.240 e. The van der Waals surface area contributed by atoms with E-state index >= 15 is 0 Å². The van der Waals surface area contributed by atoms with Crippen molar-refractivity contribution in [2.24, 2.45) is 11.5 Å². The molecule has 2 amide bonds. The van der Waals surface area contributed by atoms with Gasteiger partial charge in [-0.05, 0) is 32.2 Å². The number of primary amides is 1. The minimum Gasteiger partial charge on any atom is -0.368 e. The average molecular weight is 241 g/mol. The Labute approximate surface area is 103 Å². The lowest BCUT2D eigenvalue weighted by molar-refractivity contribution is -0.137. The molecule has 0 radical (unpaired) electrons. The molecule has 5 nitrogen and oxygen atoms in total. The zero-order chi connectivity index (χ0) is 12.7. The summed E-state index contributed by atoms with van der Waals surface area (Å²) in [7, 11) is 0. The molecule has 0 aliphatic carbocycles. The molecule has 0 aromatic heterocycles. The highest BCUT2D eigenvalue weighted by atomic mass is 16.2. The van der Waals surface area contributed by atoms with Crippen molar-refractivity contribution in [3.8, 4) is 0 Å². The molecule has 0 aromatic rings. The number of nitrogens with two attached hydrogens (primary N) is 2. The smallest absolute Gasteiger partial charge is 0.240 e. The quantitative estimate of drug-likeness (QED) is 0.631. The number of likely N-dealkylation sites (tertiary alicyclic amines) is 1. The molecule has 5 heteroatoms. The second kappa shape index (κ2) is 7.27. The largest absolute Gasteiger partial charge is 0.368 e. The minimum absolute atomic E-state index is 0.0686. The summed E-state index contributed by atoms with van der Waals surface area (Å²) in [5.41, 5.74) is 10.7. The van der Waals surface area contributed by atoms with Gasteiger partial charge in [-0.3, -0.25) is 9.59 Å². The van der Waals surface area contributed by atoms with Gasteiger partial charge < -0.3 is 16.4 Å². The number of carbonyl (C=O) groups is 2. The van der Waals surface area contributed by atoms with Gasteiger partial charge in [0.25, 0.3) is 0 Å². The van der Waals surface area contributed by atoms with Crippen LogP contribution in [0.15, 0.2) is 0 Å². The van der Waals surface area contributed by atoms with Crippen molar-refractivity contribution in [3.05, 3.63) is 0 Å². The molecule has 98 valence electrons. The fourth-order valence-corrected chi connectivity index (χ4v) is 2.28. The van der Waals surface area contributed by atoms with Crippen LogP contribution in [0, 0.1) is 0 Å². The first-order valence-electron chi connectivity index (χ1n) is 6.45. The number of nitrogens with zero attached hydrogens (tertiary/aromatic N) is 1. The van der Waals surface area contributed by atoms with Gasteiger partial charge in [-0.1, -0.05) is 12.8 Å². The summed E-state index contributed by atoms with van der Waals surface area (Å²) < 4.78 is 0. The molecule has 1 heterocycles. The third kappa shape index (κ3) is 4.34. The van der Waals surface area contributed by atoms with Crippen LogP contribution in [-0.2, 0) is 9.59 Å². The van der Waals surface area contributed by atoms with E-state index in [0.717, 1.165) is 32.1 Å². The molecule has 4 N–H and O–H groups in total. The van der Waals surface area contributed by atoms with E-state index in [-0.39, 0.29) is 17.9 Å². The first-order chi connectivity index (χ1) is 8.16. The number of hydrogen-bond acceptors (Lipinski definition) is 3. The number of carbonyl (C=O) groups excluding carboxylic acids is 2. The summed E-state index contributed by atoms with van der Waals surface area (Å²) in [6.07, 6.45) is 6.11. The van der Waals surface area contributed by atoms with Crippen molar-refractivity contribution in [1.82, 2.24) is 4.90 Å². The molecule has 1 fully saturated rings. The fourth-order valence-electron chi connectivity index (χ4n) is 2.28. The van der Waals surface area contributed by atoms with Crippen LogP contribution < -0.4 is 11.5 Å². The Bertz CT molecular complexity index is 268. The molecule has 0 saturated carbocycles. The van der Waals surface area contributed by atoms with E-state index in [2.05, 4.69) is 0 Å². The highest BCUT2D eigenvalue weighted by Gasteiger charge is 2.31. The SMILES string of the molecule is NCCCCCCC(=O)N1CCCC1C(N)=O. The van der Waals surface area contributed by atoms with Gasteiger partial charge in [0.05, 0.1) is 0 Å². The molecule has 1 rings (SSSR count). The Hall–Kier alpha value is -1.10. The van der Waals surface area contributed by atoms with Crippen LogP contribution in [0.25, 0.3) is 0 Å². The van der Waals surface area contributed by atoms with Gasteiger partial charge in [0.15, 0.2) is 0 Å². The summed E-state index contributed by atoms with van der Waals surface area (Å²) >= 11 is 0. The third-order valence-corrected chi connectivity index (χ3v) is 3.25. The second-order valence-corrected chi connectivity index (χ2v) is 4.60. The Morgan fingerprint density at radius 1 is 1.18 bits per heavy atom. The van der Waals surface area contributed by atoms with Gasteiger partial charge in [-0.15, -0.1) is 0 Å². The van der Waals surface area contributed by atoms with Crippen molar-refractivity contribution in [3.63, 3.8) is 0 Å². The second-order valence-electron chi connectivity index (χ2n) is 4.60. The molecular weight excluding hydrogens is 218 g/mol. The van der Waals surface area contributed by atoms with Crippen LogP contribution in [-0.4, -0.2) is 35.8 Å². The molecule has 17 heavy (non-hydrogen) atoms.